The van der Waals surface area contributed by atoms with Gasteiger partial charge in [-0.15, -0.1) is 10.2 Å². The van der Waals surface area contributed by atoms with Crippen LogP contribution in [-0.4, -0.2) is 49.0 Å². The van der Waals surface area contributed by atoms with E-state index in [9.17, 15) is 29.8 Å². The molecule has 15 heteroatoms. The third-order valence-electron chi connectivity index (χ3n) is 4.57. The number of hydrogen-bond acceptors (Lipinski definition) is 11. The number of nitrogens with one attached hydrogen (secondary N) is 1. The van der Waals surface area contributed by atoms with Crippen molar-refractivity contribution in [1.29, 1.82) is 0 Å². The van der Waals surface area contributed by atoms with E-state index in [0.29, 0.717) is 18.3 Å². The Bertz CT molecular complexity index is 1200. The zero-order chi connectivity index (χ0) is 26.3. The standard InChI is InChI=1S/C20H21ClN6O8/c1-5-25(10-19(29)35-4)16-8-14(22-11(2)28)15(9-18(16)34-3)23-24-20-13(21)6-12(26(30)31)7-17(20)27(32)33/h6-9H,5,10H2,1-4H3,(H,22,28). The molecule has 0 radical (unpaired) electrons. The number of ether oxygens (including phenoxy) is 2. The Kier molecular flexibility index (Phi) is 8.99. The number of methoxy groups -OCH3 is 2. The van der Waals surface area contributed by atoms with E-state index in [2.05, 4.69) is 15.5 Å². The first-order valence-electron chi connectivity index (χ1n) is 9.87. The van der Waals surface area contributed by atoms with Crippen molar-refractivity contribution in [1.82, 2.24) is 0 Å². The molecule has 2 rings (SSSR count). The SMILES string of the molecule is CCN(CC(=O)OC)c1cc(NC(C)=O)c(N=Nc2c(Cl)cc([N+](=O)[O-])cc2[N+](=O)[O-])cc1OC. The van der Waals surface area contributed by atoms with Crippen molar-refractivity contribution in [2.45, 2.75) is 13.8 Å². The topological polar surface area (TPSA) is 179 Å². The fourth-order valence-corrected chi connectivity index (χ4v) is 3.19. The van der Waals surface area contributed by atoms with Crippen molar-refractivity contribution < 1.29 is 28.9 Å². The predicted octanol–water partition coefficient (Wildman–Crippen LogP) is 4.54. The van der Waals surface area contributed by atoms with Gasteiger partial charge in [-0.05, 0) is 13.0 Å². The Morgan fingerprint density at radius 2 is 1.80 bits per heavy atom. The molecule has 0 unspecified atom stereocenters. The second kappa shape index (κ2) is 11.7. The zero-order valence-corrected chi connectivity index (χ0v) is 19.9. The molecule has 0 aromatic heterocycles. The molecule has 0 saturated carbocycles. The molecular formula is C20H21ClN6O8. The van der Waals surface area contributed by atoms with E-state index in [1.165, 1.54) is 33.3 Å². The number of nitrogens with zero attached hydrogens (tertiary/aromatic N) is 5. The summed E-state index contributed by atoms with van der Waals surface area (Å²) in [6.07, 6.45) is 0. The number of esters is 1. The lowest BCUT2D eigenvalue weighted by atomic mass is 10.2. The first-order valence-corrected chi connectivity index (χ1v) is 10.3. The van der Waals surface area contributed by atoms with Crippen molar-refractivity contribution in [2.75, 3.05) is 37.5 Å². The minimum absolute atomic E-state index is 0.0404. The molecule has 14 nitrogen and oxygen atoms in total. The van der Waals surface area contributed by atoms with Crippen LogP contribution < -0.4 is 15.0 Å². The molecule has 2 aromatic rings. The van der Waals surface area contributed by atoms with Gasteiger partial charge in [0.15, 0.2) is 5.69 Å². The molecule has 0 heterocycles. The highest BCUT2D eigenvalue weighted by Crippen LogP contribution is 2.42. The molecule has 0 spiro atoms. The van der Waals surface area contributed by atoms with Crippen LogP contribution in [0.1, 0.15) is 13.8 Å². The van der Waals surface area contributed by atoms with Crippen LogP contribution in [0, 0.1) is 20.2 Å². The second-order valence-electron chi connectivity index (χ2n) is 6.82. The number of rotatable bonds is 10. The molecule has 0 aliphatic rings. The van der Waals surface area contributed by atoms with E-state index in [4.69, 9.17) is 21.1 Å². The van der Waals surface area contributed by atoms with Crippen LogP contribution in [0.3, 0.4) is 0 Å². The van der Waals surface area contributed by atoms with Gasteiger partial charge in [-0.1, -0.05) is 11.6 Å². The quantitative estimate of drug-likeness (QED) is 0.208. The van der Waals surface area contributed by atoms with E-state index in [1.54, 1.807) is 11.8 Å². The van der Waals surface area contributed by atoms with Crippen molar-refractivity contribution in [3.8, 4) is 5.75 Å². The van der Waals surface area contributed by atoms with E-state index < -0.39 is 38.8 Å². The number of hydrogen-bond donors (Lipinski definition) is 1. The minimum Gasteiger partial charge on any atom is -0.494 e. The number of non-ortho nitro benzene ring substituents is 1. The predicted molar refractivity (Wildman–Crippen MR) is 126 cm³/mol. The number of anilines is 2. The maximum Gasteiger partial charge on any atom is 0.325 e. The summed E-state index contributed by atoms with van der Waals surface area (Å²) in [7, 11) is 2.63. The molecule has 1 N–H and O–H groups in total. The third-order valence-corrected chi connectivity index (χ3v) is 4.86. The molecule has 2 aromatic carbocycles. The maximum atomic E-state index is 11.8. The molecule has 1 amide bonds. The number of benzene rings is 2. The minimum atomic E-state index is -0.877. The van der Waals surface area contributed by atoms with Gasteiger partial charge >= 0.3 is 11.7 Å². The molecule has 0 fully saturated rings. The third kappa shape index (κ3) is 6.60. The van der Waals surface area contributed by atoms with Crippen molar-refractivity contribution >= 4 is 57.6 Å². The number of nitro groups is 2. The summed E-state index contributed by atoms with van der Waals surface area (Å²) in [4.78, 5) is 46.0. The van der Waals surface area contributed by atoms with Crippen LogP contribution in [0.4, 0.5) is 34.1 Å². The lowest BCUT2D eigenvalue weighted by Crippen LogP contribution is -2.30. The van der Waals surface area contributed by atoms with Crippen LogP contribution in [0.5, 0.6) is 5.75 Å². The van der Waals surface area contributed by atoms with Crippen molar-refractivity contribution in [2.24, 2.45) is 10.2 Å². The van der Waals surface area contributed by atoms with Crippen LogP contribution in [0.25, 0.3) is 0 Å². The monoisotopic (exact) mass is 508 g/mol. The van der Waals surface area contributed by atoms with Crippen LogP contribution >= 0.6 is 11.6 Å². The average molecular weight is 509 g/mol. The second-order valence-corrected chi connectivity index (χ2v) is 7.23. The Hall–Kier alpha value is -4.33. The van der Waals surface area contributed by atoms with Crippen LogP contribution in [0.15, 0.2) is 34.5 Å². The maximum absolute atomic E-state index is 11.8. The summed E-state index contributed by atoms with van der Waals surface area (Å²) in [5, 5.41) is 32.5. The van der Waals surface area contributed by atoms with E-state index >= 15 is 0 Å². The summed E-state index contributed by atoms with van der Waals surface area (Å²) in [6.45, 7) is 3.34. The lowest BCUT2D eigenvalue weighted by Gasteiger charge is -2.25. The van der Waals surface area contributed by atoms with Gasteiger partial charge in [0, 0.05) is 25.6 Å². The van der Waals surface area contributed by atoms with Gasteiger partial charge in [-0.25, -0.2) is 0 Å². The van der Waals surface area contributed by atoms with Crippen molar-refractivity contribution in [3.05, 3.63) is 49.5 Å². The average Bonchev–Trinajstić information content (AvgIpc) is 2.80. The van der Waals surface area contributed by atoms with Gasteiger partial charge in [0.05, 0.1) is 46.5 Å². The van der Waals surface area contributed by atoms with Gasteiger partial charge in [0.1, 0.15) is 18.0 Å². The highest BCUT2D eigenvalue weighted by molar-refractivity contribution is 6.33. The van der Waals surface area contributed by atoms with Gasteiger partial charge in [0.2, 0.25) is 5.91 Å². The van der Waals surface area contributed by atoms with Crippen LogP contribution in [0.2, 0.25) is 5.02 Å². The summed E-state index contributed by atoms with van der Waals surface area (Å²) >= 11 is 6.01. The van der Waals surface area contributed by atoms with Gasteiger partial charge in [0.25, 0.3) is 5.69 Å². The van der Waals surface area contributed by atoms with Gasteiger partial charge in [-0.2, -0.15) is 0 Å². The molecule has 0 bridgehead atoms. The van der Waals surface area contributed by atoms with E-state index in [-0.39, 0.29) is 28.7 Å². The number of halogens is 1. The number of carbonyl (C=O) groups is 2. The largest absolute Gasteiger partial charge is 0.494 e. The molecule has 35 heavy (non-hydrogen) atoms. The smallest absolute Gasteiger partial charge is 0.325 e. The van der Waals surface area contributed by atoms with E-state index in [0.717, 1.165) is 6.07 Å². The molecule has 0 aliphatic heterocycles. The van der Waals surface area contributed by atoms with Crippen LogP contribution in [-0.2, 0) is 14.3 Å². The highest BCUT2D eigenvalue weighted by Gasteiger charge is 2.24. The van der Waals surface area contributed by atoms with Gasteiger partial charge < -0.3 is 19.7 Å². The molecule has 0 atom stereocenters. The van der Waals surface area contributed by atoms with Crippen molar-refractivity contribution in [3.63, 3.8) is 0 Å². The summed E-state index contributed by atoms with van der Waals surface area (Å²) in [5.74, 6) is -0.699. The Morgan fingerprint density at radius 3 is 2.31 bits per heavy atom. The molecule has 0 saturated heterocycles. The number of amides is 1. The number of carbonyl (C=O) groups excluding carboxylic acids is 2. The molecular weight excluding hydrogens is 488 g/mol. The normalized spacial score (nSPS) is 10.7. The fraction of sp³-hybridized carbons (Fsp3) is 0.300. The number of nitro benzene ring substituents is 2. The Balaban J connectivity index is 2.66. The first-order chi connectivity index (χ1) is 16.5. The number of likely N-dealkylation sites (N-methyl/N-ethyl adjacent to an activating group) is 1. The highest BCUT2D eigenvalue weighted by atomic mass is 35.5. The zero-order valence-electron chi connectivity index (χ0n) is 19.1. The lowest BCUT2D eigenvalue weighted by molar-refractivity contribution is -0.393. The fourth-order valence-electron chi connectivity index (χ4n) is 2.95. The summed E-state index contributed by atoms with van der Waals surface area (Å²) < 4.78 is 10.1. The molecule has 186 valence electrons. The summed E-state index contributed by atoms with van der Waals surface area (Å²) in [6, 6.07) is 4.51. The number of azo groups is 1. The Labute approximate surface area is 203 Å². The van der Waals surface area contributed by atoms with E-state index in [1.807, 2.05) is 0 Å². The molecule has 0 aliphatic carbocycles. The van der Waals surface area contributed by atoms with Gasteiger partial charge in [-0.3, -0.25) is 29.8 Å². The summed E-state index contributed by atoms with van der Waals surface area (Å²) in [5.41, 5.74) is -1.11. The first kappa shape index (κ1) is 26.9. The Morgan fingerprint density at radius 1 is 1.11 bits per heavy atom.